The third kappa shape index (κ3) is 5.08. The van der Waals surface area contributed by atoms with Crippen LogP contribution in [0, 0.1) is 23.1 Å². The maximum absolute atomic E-state index is 14.4. The van der Waals surface area contributed by atoms with Crippen LogP contribution in [0.1, 0.15) is 24.5 Å². The van der Waals surface area contributed by atoms with Gasteiger partial charge in [-0.2, -0.15) is 0 Å². The zero-order valence-electron chi connectivity index (χ0n) is 18.7. The van der Waals surface area contributed by atoms with Crippen LogP contribution in [0.2, 0.25) is 5.02 Å². The zero-order valence-corrected chi connectivity index (χ0v) is 19.5. The van der Waals surface area contributed by atoms with Crippen LogP contribution in [-0.2, 0) is 16.0 Å². The smallest absolute Gasteiger partial charge is 0.310 e. The summed E-state index contributed by atoms with van der Waals surface area (Å²) in [6.45, 7) is 4.04. The standard InChI is InChI=1S/C25H24ClFN4O2/c1-25(9-10-31(2)14-25)8-7-16-12-21-18(11-17(16)13-22(32)33-3)24(29-15-28-21)30-20-6-4-5-19(26)23(20)27/h4-6,11-12,15H,9-10,13-14H2,1-3H3,(H,28,29,30). The molecule has 1 saturated heterocycles. The van der Waals surface area contributed by atoms with Crippen LogP contribution in [0.15, 0.2) is 36.7 Å². The van der Waals surface area contributed by atoms with Gasteiger partial charge in [-0.3, -0.25) is 4.79 Å². The Morgan fingerprint density at radius 2 is 2.18 bits per heavy atom. The van der Waals surface area contributed by atoms with E-state index in [0.29, 0.717) is 27.8 Å². The summed E-state index contributed by atoms with van der Waals surface area (Å²) in [7, 11) is 3.43. The lowest BCUT2D eigenvalue weighted by atomic mass is 9.90. The normalized spacial score (nSPS) is 18.1. The summed E-state index contributed by atoms with van der Waals surface area (Å²) >= 11 is 5.91. The van der Waals surface area contributed by atoms with Crippen LogP contribution >= 0.6 is 11.6 Å². The van der Waals surface area contributed by atoms with Gasteiger partial charge in [-0.15, -0.1) is 0 Å². The van der Waals surface area contributed by atoms with Gasteiger partial charge in [-0.1, -0.05) is 29.5 Å². The number of hydrogen-bond donors (Lipinski definition) is 1. The minimum Gasteiger partial charge on any atom is -0.469 e. The highest BCUT2D eigenvalue weighted by atomic mass is 35.5. The average molecular weight is 467 g/mol. The second-order valence-corrected chi connectivity index (χ2v) is 8.93. The minimum atomic E-state index is -0.571. The van der Waals surface area contributed by atoms with Crippen LogP contribution in [0.4, 0.5) is 15.9 Å². The number of nitrogens with zero attached hydrogens (tertiary/aromatic N) is 3. The molecule has 0 radical (unpaired) electrons. The van der Waals surface area contributed by atoms with E-state index >= 15 is 0 Å². The third-order valence-corrected chi connectivity index (χ3v) is 6.08. The van der Waals surface area contributed by atoms with Crippen LogP contribution in [-0.4, -0.2) is 48.1 Å². The molecule has 33 heavy (non-hydrogen) atoms. The molecule has 1 unspecified atom stereocenters. The van der Waals surface area contributed by atoms with E-state index in [-0.39, 0.29) is 28.5 Å². The molecule has 4 rings (SSSR count). The number of ether oxygens (including phenoxy) is 1. The van der Waals surface area contributed by atoms with Crippen LogP contribution < -0.4 is 5.32 Å². The Morgan fingerprint density at radius 1 is 1.36 bits per heavy atom. The number of nitrogens with one attached hydrogen (secondary N) is 1. The highest BCUT2D eigenvalue weighted by molar-refractivity contribution is 6.31. The number of anilines is 2. The summed E-state index contributed by atoms with van der Waals surface area (Å²) in [6.07, 6.45) is 2.43. The molecular weight excluding hydrogens is 443 g/mol. The Morgan fingerprint density at radius 3 is 2.91 bits per heavy atom. The minimum absolute atomic E-state index is 0.00774. The van der Waals surface area contributed by atoms with Crippen molar-refractivity contribution in [2.45, 2.75) is 19.8 Å². The molecule has 1 atom stereocenters. The molecule has 2 aromatic carbocycles. The summed E-state index contributed by atoms with van der Waals surface area (Å²) in [5.74, 6) is 6.13. The SMILES string of the molecule is COC(=O)Cc1cc2c(Nc3cccc(Cl)c3F)ncnc2cc1C#CC1(C)CCN(C)C1. The number of likely N-dealkylation sites (tertiary alicyclic amines) is 1. The Hall–Kier alpha value is -3.21. The largest absolute Gasteiger partial charge is 0.469 e. The Balaban J connectivity index is 1.79. The molecule has 0 amide bonds. The van der Waals surface area contributed by atoms with E-state index in [1.165, 1.54) is 19.5 Å². The van der Waals surface area contributed by atoms with Crippen molar-refractivity contribution in [3.63, 3.8) is 0 Å². The maximum atomic E-state index is 14.4. The highest BCUT2D eigenvalue weighted by Gasteiger charge is 2.30. The van der Waals surface area contributed by atoms with Gasteiger partial charge < -0.3 is 15.0 Å². The molecule has 0 saturated carbocycles. The fourth-order valence-corrected chi connectivity index (χ4v) is 4.15. The van der Waals surface area contributed by atoms with Crippen LogP contribution in [0.5, 0.6) is 0 Å². The van der Waals surface area contributed by atoms with Gasteiger partial charge in [0.1, 0.15) is 12.1 Å². The number of methoxy groups -OCH3 is 1. The number of hydrogen-bond acceptors (Lipinski definition) is 6. The van der Waals surface area contributed by atoms with Gasteiger partial charge in [0.15, 0.2) is 5.82 Å². The molecule has 2 heterocycles. The van der Waals surface area contributed by atoms with E-state index in [9.17, 15) is 9.18 Å². The summed E-state index contributed by atoms with van der Waals surface area (Å²) in [4.78, 5) is 23.0. The first-order valence-electron chi connectivity index (χ1n) is 10.6. The van der Waals surface area contributed by atoms with Crippen LogP contribution in [0.3, 0.4) is 0 Å². The fraction of sp³-hybridized carbons (Fsp3) is 0.320. The number of carbonyl (C=O) groups excluding carboxylic acids is 1. The lowest BCUT2D eigenvalue weighted by Gasteiger charge is -2.16. The van der Waals surface area contributed by atoms with Gasteiger partial charge in [0.25, 0.3) is 0 Å². The predicted octanol–water partition coefficient (Wildman–Crippen LogP) is 4.57. The Labute approximate surface area is 197 Å². The molecule has 0 bridgehead atoms. The van der Waals surface area contributed by atoms with Gasteiger partial charge in [-0.05, 0) is 56.8 Å². The Bertz CT molecular complexity index is 1290. The summed E-state index contributed by atoms with van der Waals surface area (Å²) < 4.78 is 19.3. The third-order valence-electron chi connectivity index (χ3n) is 5.79. The van der Waals surface area contributed by atoms with Gasteiger partial charge in [0.05, 0.1) is 29.8 Å². The van der Waals surface area contributed by atoms with Crippen molar-refractivity contribution >= 4 is 40.0 Å². The number of carbonyl (C=O) groups is 1. The average Bonchev–Trinajstić information content (AvgIpc) is 3.14. The first-order valence-corrected chi connectivity index (χ1v) is 10.9. The lowest BCUT2D eigenvalue weighted by molar-refractivity contribution is -0.139. The topological polar surface area (TPSA) is 67.3 Å². The first-order chi connectivity index (χ1) is 15.8. The number of fused-ring (bicyclic) bond motifs is 1. The Kier molecular flexibility index (Phi) is 6.50. The molecule has 1 aromatic heterocycles. The quantitative estimate of drug-likeness (QED) is 0.448. The molecule has 1 N–H and O–H groups in total. The second kappa shape index (κ2) is 9.34. The van der Waals surface area contributed by atoms with Crippen LogP contribution in [0.25, 0.3) is 10.9 Å². The van der Waals surface area contributed by atoms with E-state index in [2.05, 4.69) is 46.0 Å². The van der Waals surface area contributed by atoms with Crippen molar-refractivity contribution in [3.05, 3.63) is 58.6 Å². The van der Waals surface area contributed by atoms with E-state index in [0.717, 1.165) is 19.5 Å². The summed E-state index contributed by atoms with van der Waals surface area (Å²) in [5, 5.41) is 3.63. The number of benzene rings is 2. The number of rotatable bonds is 4. The van der Waals surface area contributed by atoms with Gasteiger partial charge in [0.2, 0.25) is 0 Å². The number of aromatic nitrogens is 2. The molecule has 6 nitrogen and oxygen atoms in total. The molecule has 1 fully saturated rings. The highest BCUT2D eigenvalue weighted by Crippen LogP contribution is 2.31. The van der Waals surface area contributed by atoms with E-state index in [1.54, 1.807) is 12.1 Å². The van der Waals surface area contributed by atoms with Crippen molar-refractivity contribution in [2.24, 2.45) is 5.41 Å². The number of esters is 1. The second-order valence-electron chi connectivity index (χ2n) is 8.53. The molecular formula is C25H24ClFN4O2. The molecule has 0 spiro atoms. The van der Waals surface area contributed by atoms with Crippen molar-refractivity contribution < 1.29 is 13.9 Å². The van der Waals surface area contributed by atoms with E-state index in [1.807, 2.05) is 12.1 Å². The first kappa shape index (κ1) is 23.0. The maximum Gasteiger partial charge on any atom is 0.310 e. The summed E-state index contributed by atoms with van der Waals surface area (Å²) in [6, 6.07) is 8.34. The van der Waals surface area contributed by atoms with E-state index < -0.39 is 5.82 Å². The van der Waals surface area contributed by atoms with Crippen molar-refractivity contribution in [1.82, 2.24) is 14.9 Å². The molecule has 1 aliphatic rings. The van der Waals surface area contributed by atoms with Crippen molar-refractivity contribution in [3.8, 4) is 11.8 Å². The summed E-state index contributed by atoms with van der Waals surface area (Å²) in [5.41, 5.74) is 2.11. The molecule has 1 aliphatic heterocycles. The van der Waals surface area contributed by atoms with Crippen molar-refractivity contribution in [2.75, 3.05) is 32.6 Å². The predicted molar refractivity (Wildman–Crippen MR) is 127 cm³/mol. The van der Waals surface area contributed by atoms with Gasteiger partial charge >= 0.3 is 5.97 Å². The molecule has 170 valence electrons. The van der Waals surface area contributed by atoms with Gasteiger partial charge in [-0.25, -0.2) is 14.4 Å². The van der Waals surface area contributed by atoms with Gasteiger partial charge in [0, 0.05) is 22.9 Å². The number of halogens is 2. The molecule has 0 aliphatic carbocycles. The fourth-order valence-electron chi connectivity index (χ4n) is 3.98. The van der Waals surface area contributed by atoms with E-state index in [4.69, 9.17) is 16.3 Å². The lowest BCUT2D eigenvalue weighted by Crippen LogP contribution is -2.20. The monoisotopic (exact) mass is 466 g/mol. The molecule has 8 heteroatoms. The molecule has 3 aromatic rings. The zero-order chi connectivity index (χ0) is 23.6. The van der Waals surface area contributed by atoms with Crippen molar-refractivity contribution in [1.29, 1.82) is 0 Å².